The lowest BCUT2D eigenvalue weighted by Gasteiger charge is -2.02. The molecule has 0 aromatic heterocycles. The Morgan fingerprint density at radius 2 is 1.94 bits per heavy atom. The van der Waals surface area contributed by atoms with Crippen LogP contribution in [0.2, 0.25) is 0 Å². The van der Waals surface area contributed by atoms with Crippen LogP contribution in [0.4, 0.5) is 0 Å². The zero-order chi connectivity index (χ0) is 12.4. The maximum Gasteiger partial charge on any atom is 0.300 e. The van der Waals surface area contributed by atoms with Crippen molar-refractivity contribution in [1.82, 2.24) is 0 Å². The zero-order valence-electron chi connectivity index (χ0n) is 9.77. The van der Waals surface area contributed by atoms with Crippen LogP contribution >= 0.6 is 0 Å². The average molecular weight is 222 g/mol. The first-order valence-corrected chi connectivity index (χ1v) is 5.12. The zero-order valence-corrected chi connectivity index (χ0v) is 9.77. The van der Waals surface area contributed by atoms with Crippen molar-refractivity contribution >= 4 is 5.97 Å². The summed E-state index contributed by atoms with van der Waals surface area (Å²) in [4.78, 5) is 9.00. The number of carboxylic acid groups (broad SMARTS) is 1. The molecule has 16 heavy (non-hydrogen) atoms. The third kappa shape index (κ3) is 7.62. The number of hydrogen-bond donors (Lipinski definition) is 1. The molecule has 0 unspecified atom stereocenters. The third-order valence-corrected chi connectivity index (χ3v) is 1.61. The topological polar surface area (TPSA) is 46.5 Å². The Morgan fingerprint density at radius 1 is 1.44 bits per heavy atom. The predicted molar refractivity (Wildman–Crippen MR) is 64.8 cm³/mol. The summed E-state index contributed by atoms with van der Waals surface area (Å²) >= 11 is 0. The summed E-state index contributed by atoms with van der Waals surface area (Å²) in [6, 6.07) is 8.10. The first-order valence-electron chi connectivity index (χ1n) is 5.12. The van der Waals surface area contributed by atoms with Crippen LogP contribution in [0, 0.1) is 0 Å². The second-order valence-corrected chi connectivity index (χ2v) is 3.09. The van der Waals surface area contributed by atoms with Crippen LogP contribution in [0.5, 0.6) is 5.75 Å². The number of ether oxygens (including phenoxy) is 1. The molecule has 0 bridgehead atoms. The maximum absolute atomic E-state index is 9.00. The van der Waals surface area contributed by atoms with E-state index in [0.29, 0.717) is 0 Å². The van der Waals surface area contributed by atoms with Gasteiger partial charge < -0.3 is 9.84 Å². The van der Waals surface area contributed by atoms with Gasteiger partial charge in [-0.05, 0) is 31.0 Å². The van der Waals surface area contributed by atoms with Crippen LogP contribution in [-0.4, -0.2) is 17.7 Å². The lowest BCUT2D eigenvalue weighted by molar-refractivity contribution is -0.134. The van der Waals surface area contributed by atoms with Gasteiger partial charge in [-0.3, -0.25) is 4.79 Å². The molecule has 0 radical (unpaired) electrons. The SMILES string of the molecule is C=CCc1ccc(OCC)cc1.CC(=O)O. The van der Waals surface area contributed by atoms with Gasteiger partial charge >= 0.3 is 0 Å². The molecule has 0 heterocycles. The van der Waals surface area contributed by atoms with Crippen molar-refractivity contribution in [1.29, 1.82) is 0 Å². The maximum atomic E-state index is 9.00. The van der Waals surface area contributed by atoms with Crippen molar-refractivity contribution in [2.75, 3.05) is 6.61 Å². The molecule has 1 N–H and O–H groups in total. The first kappa shape index (κ1) is 14.2. The number of allylic oxidation sites excluding steroid dienone is 1. The Balaban J connectivity index is 0.000000487. The number of carboxylic acids is 1. The highest BCUT2D eigenvalue weighted by Gasteiger charge is 1.91. The summed E-state index contributed by atoms with van der Waals surface area (Å²) in [6.45, 7) is 7.47. The van der Waals surface area contributed by atoms with E-state index in [1.165, 1.54) is 5.56 Å². The molecule has 0 fully saturated rings. The highest BCUT2D eigenvalue weighted by atomic mass is 16.5. The van der Waals surface area contributed by atoms with E-state index >= 15 is 0 Å². The quantitative estimate of drug-likeness (QED) is 0.797. The molecule has 0 amide bonds. The number of rotatable bonds is 4. The van der Waals surface area contributed by atoms with Crippen LogP contribution < -0.4 is 4.74 Å². The minimum atomic E-state index is -0.833. The van der Waals surface area contributed by atoms with E-state index in [1.807, 2.05) is 25.1 Å². The molecule has 3 nitrogen and oxygen atoms in total. The van der Waals surface area contributed by atoms with Crippen LogP contribution in [0.3, 0.4) is 0 Å². The van der Waals surface area contributed by atoms with Gasteiger partial charge in [0, 0.05) is 6.92 Å². The van der Waals surface area contributed by atoms with E-state index < -0.39 is 5.97 Å². The highest BCUT2D eigenvalue weighted by molar-refractivity contribution is 5.62. The van der Waals surface area contributed by atoms with Gasteiger partial charge in [0.05, 0.1) is 6.61 Å². The fourth-order valence-corrected chi connectivity index (χ4v) is 1.06. The first-order chi connectivity index (χ1) is 7.60. The van der Waals surface area contributed by atoms with Gasteiger partial charge in [0.2, 0.25) is 0 Å². The minimum Gasteiger partial charge on any atom is -0.494 e. The Hall–Kier alpha value is -1.77. The van der Waals surface area contributed by atoms with Crippen molar-refractivity contribution in [2.45, 2.75) is 20.3 Å². The molecule has 3 heteroatoms. The summed E-state index contributed by atoms with van der Waals surface area (Å²) in [6.07, 6.45) is 2.82. The lowest BCUT2D eigenvalue weighted by Crippen LogP contribution is -1.91. The normalized spacial score (nSPS) is 8.62. The lowest BCUT2D eigenvalue weighted by atomic mass is 10.1. The molecule has 0 atom stereocenters. The van der Waals surface area contributed by atoms with Gasteiger partial charge in [-0.1, -0.05) is 18.2 Å². The average Bonchev–Trinajstić information content (AvgIpc) is 2.21. The predicted octanol–water partition coefficient (Wildman–Crippen LogP) is 2.90. The summed E-state index contributed by atoms with van der Waals surface area (Å²) in [5.41, 5.74) is 1.27. The van der Waals surface area contributed by atoms with Crippen molar-refractivity contribution in [2.24, 2.45) is 0 Å². The second-order valence-electron chi connectivity index (χ2n) is 3.09. The number of benzene rings is 1. The molecule has 1 aromatic rings. The van der Waals surface area contributed by atoms with E-state index in [2.05, 4.69) is 18.7 Å². The van der Waals surface area contributed by atoms with E-state index in [0.717, 1.165) is 25.7 Å². The molecule has 88 valence electrons. The van der Waals surface area contributed by atoms with Crippen molar-refractivity contribution in [3.8, 4) is 5.75 Å². The standard InChI is InChI=1S/C11H14O.C2H4O2/c1-3-5-10-6-8-11(9-7-10)12-4-2;1-2(3)4/h3,6-9H,1,4-5H2,2H3;1H3,(H,3,4). The Labute approximate surface area is 96.4 Å². The summed E-state index contributed by atoms with van der Waals surface area (Å²) in [5.74, 6) is 0.102. The molecule has 0 aliphatic heterocycles. The molecular weight excluding hydrogens is 204 g/mol. The van der Waals surface area contributed by atoms with Gasteiger partial charge in [0.25, 0.3) is 5.97 Å². The van der Waals surface area contributed by atoms with Gasteiger partial charge in [-0.15, -0.1) is 6.58 Å². The van der Waals surface area contributed by atoms with Gasteiger partial charge in [0.1, 0.15) is 5.75 Å². The molecule has 1 rings (SSSR count). The summed E-state index contributed by atoms with van der Waals surface area (Å²) in [7, 11) is 0. The van der Waals surface area contributed by atoms with Crippen LogP contribution in [0.15, 0.2) is 36.9 Å². The Morgan fingerprint density at radius 3 is 2.31 bits per heavy atom. The van der Waals surface area contributed by atoms with Crippen LogP contribution in [-0.2, 0) is 11.2 Å². The fraction of sp³-hybridized carbons (Fsp3) is 0.308. The fourth-order valence-electron chi connectivity index (χ4n) is 1.06. The molecule has 0 saturated carbocycles. The van der Waals surface area contributed by atoms with Crippen LogP contribution in [0.1, 0.15) is 19.4 Å². The van der Waals surface area contributed by atoms with Crippen molar-refractivity contribution in [3.63, 3.8) is 0 Å². The van der Waals surface area contributed by atoms with Crippen molar-refractivity contribution < 1.29 is 14.6 Å². The van der Waals surface area contributed by atoms with E-state index in [9.17, 15) is 0 Å². The minimum absolute atomic E-state index is 0.723. The molecule has 1 aromatic carbocycles. The second kappa shape index (κ2) is 8.53. The van der Waals surface area contributed by atoms with E-state index in [1.54, 1.807) is 0 Å². The van der Waals surface area contributed by atoms with Crippen molar-refractivity contribution in [3.05, 3.63) is 42.5 Å². The summed E-state index contributed by atoms with van der Waals surface area (Å²) in [5, 5.41) is 7.42. The number of aliphatic carboxylic acids is 1. The monoisotopic (exact) mass is 222 g/mol. The Bertz CT molecular complexity index is 310. The third-order valence-electron chi connectivity index (χ3n) is 1.61. The van der Waals surface area contributed by atoms with Gasteiger partial charge in [-0.2, -0.15) is 0 Å². The Kier molecular flexibility index (Phi) is 7.59. The largest absolute Gasteiger partial charge is 0.494 e. The number of hydrogen-bond acceptors (Lipinski definition) is 2. The molecule has 0 spiro atoms. The van der Waals surface area contributed by atoms with Gasteiger partial charge in [0.15, 0.2) is 0 Å². The summed E-state index contributed by atoms with van der Waals surface area (Å²) < 4.78 is 5.31. The van der Waals surface area contributed by atoms with E-state index in [4.69, 9.17) is 14.6 Å². The van der Waals surface area contributed by atoms with Crippen LogP contribution in [0.25, 0.3) is 0 Å². The molecule has 0 saturated heterocycles. The highest BCUT2D eigenvalue weighted by Crippen LogP contribution is 2.12. The molecule has 0 aliphatic rings. The molecule has 0 aliphatic carbocycles. The van der Waals surface area contributed by atoms with Gasteiger partial charge in [-0.25, -0.2) is 0 Å². The molecular formula is C13H18O3. The smallest absolute Gasteiger partial charge is 0.300 e. The van der Waals surface area contributed by atoms with E-state index in [-0.39, 0.29) is 0 Å². The number of carbonyl (C=O) groups is 1.